The lowest BCUT2D eigenvalue weighted by Crippen LogP contribution is -2.13. The van der Waals surface area contributed by atoms with Gasteiger partial charge in [-0.15, -0.1) is 6.58 Å². The van der Waals surface area contributed by atoms with Crippen LogP contribution in [0.2, 0.25) is 0 Å². The third-order valence-corrected chi connectivity index (χ3v) is 3.82. The molecule has 2 aromatic carbocycles. The van der Waals surface area contributed by atoms with Gasteiger partial charge < -0.3 is 19.9 Å². The Morgan fingerprint density at radius 1 is 1.32 bits per heavy atom. The van der Waals surface area contributed by atoms with Crippen LogP contribution in [0.4, 0.5) is 5.69 Å². The summed E-state index contributed by atoms with van der Waals surface area (Å²) in [7, 11) is 1.56. The van der Waals surface area contributed by atoms with Gasteiger partial charge >= 0.3 is 0 Å². The fourth-order valence-electron chi connectivity index (χ4n) is 2.63. The standard InChI is InChI=1S/C22H22N2O4/c1-4-6-16-11-15(13-20(28-5-2)21(16)27-3)12-17(14-23)22(26)24-18-7-9-19(25)10-8-18/h4,7-13,25H,1,5-6H2,2-3H3,(H,24,26)/b17-12+. The van der Waals surface area contributed by atoms with Crippen molar-refractivity contribution in [3.05, 3.63) is 65.8 Å². The fraction of sp³-hybridized carbons (Fsp3) is 0.182. The largest absolute Gasteiger partial charge is 0.508 e. The summed E-state index contributed by atoms with van der Waals surface area (Å²) in [5.74, 6) is 0.676. The van der Waals surface area contributed by atoms with Gasteiger partial charge in [0.2, 0.25) is 0 Å². The van der Waals surface area contributed by atoms with E-state index in [9.17, 15) is 15.2 Å². The number of ether oxygens (including phenoxy) is 2. The number of nitriles is 1. The zero-order valence-corrected chi connectivity index (χ0v) is 15.9. The maximum Gasteiger partial charge on any atom is 0.266 e. The van der Waals surface area contributed by atoms with Crippen molar-refractivity contribution in [1.82, 2.24) is 0 Å². The third kappa shape index (κ3) is 5.15. The molecule has 0 atom stereocenters. The molecule has 1 amide bonds. The zero-order chi connectivity index (χ0) is 20.5. The minimum atomic E-state index is -0.549. The second kappa shape index (κ2) is 9.83. The molecule has 0 unspecified atom stereocenters. The molecule has 2 rings (SSSR count). The molecule has 28 heavy (non-hydrogen) atoms. The van der Waals surface area contributed by atoms with Gasteiger partial charge in [0, 0.05) is 11.3 Å². The summed E-state index contributed by atoms with van der Waals surface area (Å²) >= 11 is 0. The molecule has 0 bridgehead atoms. The van der Waals surface area contributed by atoms with E-state index in [4.69, 9.17) is 9.47 Å². The number of phenols is 1. The van der Waals surface area contributed by atoms with Gasteiger partial charge in [0.15, 0.2) is 11.5 Å². The molecular weight excluding hydrogens is 356 g/mol. The molecule has 0 saturated carbocycles. The van der Waals surface area contributed by atoms with Crippen molar-refractivity contribution in [3.8, 4) is 23.3 Å². The number of amides is 1. The number of carbonyl (C=O) groups excluding carboxylic acids is 1. The van der Waals surface area contributed by atoms with Crippen molar-refractivity contribution in [2.24, 2.45) is 0 Å². The van der Waals surface area contributed by atoms with Crippen LogP contribution in [0.3, 0.4) is 0 Å². The van der Waals surface area contributed by atoms with Gasteiger partial charge in [0.25, 0.3) is 5.91 Å². The summed E-state index contributed by atoms with van der Waals surface area (Å²) in [5, 5.41) is 21.4. The highest BCUT2D eigenvalue weighted by Crippen LogP contribution is 2.34. The van der Waals surface area contributed by atoms with Crippen molar-refractivity contribution < 1.29 is 19.4 Å². The summed E-state index contributed by atoms with van der Waals surface area (Å²) < 4.78 is 11.1. The van der Waals surface area contributed by atoms with Crippen LogP contribution in [-0.4, -0.2) is 24.7 Å². The molecule has 0 aliphatic rings. The Labute approximate surface area is 164 Å². The highest BCUT2D eigenvalue weighted by atomic mass is 16.5. The predicted octanol–water partition coefficient (Wildman–Crippen LogP) is 4.07. The molecule has 0 aliphatic carbocycles. The average molecular weight is 378 g/mol. The third-order valence-electron chi connectivity index (χ3n) is 3.82. The fourth-order valence-corrected chi connectivity index (χ4v) is 2.63. The summed E-state index contributed by atoms with van der Waals surface area (Å²) in [6.07, 6.45) is 3.78. The van der Waals surface area contributed by atoms with E-state index in [1.54, 1.807) is 31.4 Å². The Morgan fingerprint density at radius 3 is 2.61 bits per heavy atom. The van der Waals surface area contributed by atoms with Gasteiger partial charge in [-0.25, -0.2) is 0 Å². The molecular formula is C22H22N2O4. The molecule has 0 spiro atoms. The number of methoxy groups -OCH3 is 1. The van der Waals surface area contributed by atoms with Crippen LogP contribution in [0.15, 0.2) is 54.6 Å². The minimum Gasteiger partial charge on any atom is -0.508 e. The average Bonchev–Trinajstić information content (AvgIpc) is 2.68. The van der Waals surface area contributed by atoms with Gasteiger partial charge in [0.05, 0.1) is 13.7 Å². The van der Waals surface area contributed by atoms with Gasteiger partial charge in [-0.1, -0.05) is 6.08 Å². The second-order valence-corrected chi connectivity index (χ2v) is 5.81. The first-order valence-electron chi connectivity index (χ1n) is 8.69. The topological polar surface area (TPSA) is 91.6 Å². The van der Waals surface area contributed by atoms with Gasteiger partial charge in [-0.2, -0.15) is 5.26 Å². The second-order valence-electron chi connectivity index (χ2n) is 5.81. The number of hydrogen-bond donors (Lipinski definition) is 2. The molecule has 0 saturated heterocycles. The molecule has 0 heterocycles. The first-order chi connectivity index (χ1) is 13.5. The zero-order valence-electron chi connectivity index (χ0n) is 15.9. The maximum absolute atomic E-state index is 12.4. The number of hydrogen-bond acceptors (Lipinski definition) is 5. The maximum atomic E-state index is 12.4. The SMILES string of the molecule is C=CCc1cc(/C=C(\C#N)C(=O)Nc2ccc(O)cc2)cc(OCC)c1OC. The summed E-state index contributed by atoms with van der Waals surface area (Å²) in [5.41, 5.74) is 1.88. The normalized spacial score (nSPS) is 10.7. The number of nitrogens with one attached hydrogen (secondary N) is 1. The van der Waals surface area contributed by atoms with E-state index in [0.717, 1.165) is 5.56 Å². The smallest absolute Gasteiger partial charge is 0.266 e. The molecule has 0 fully saturated rings. The number of nitrogens with zero attached hydrogens (tertiary/aromatic N) is 1. The van der Waals surface area contributed by atoms with Crippen LogP contribution in [0, 0.1) is 11.3 Å². The van der Waals surface area contributed by atoms with Gasteiger partial charge in [0.1, 0.15) is 17.4 Å². The molecule has 2 N–H and O–H groups in total. The Balaban J connectivity index is 2.38. The lowest BCUT2D eigenvalue weighted by atomic mass is 10.0. The van der Waals surface area contributed by atoms with E-state index in [1.807, 2.05) is 19.1 Å². The number of allylic oxidation sites excluding steroid dienone is 1. The van der Waals surface area contributed by atoms with Crippen molar-refractivity contribution in [1.29, 1.82) is 5.26 Å². The number of rotatable bonds is 8. The van der Waals surface area contributed by atoms with E-state index in [2.05, 4.69) is 11.9 Å². The molecule has 2 aromatic rings. The first-order valence-corrected chi connectivity index (χ1v) is 8.69. The highest BCUT2D eigenvalue weighted by Gasteiger charge is 2.14. The number of aromatic hydroxyl groups is 1. The number of carbonyl (C=O) groups is 1. The van der Waals surface area contributed by atoms with E-state index in [0.29, 0.717) is 35.8 Å². The quantitative estimate of drug-likeness (QED) is 0.313. The Morgan fingerprint density at radius 2 is 2.04 bits per heavy atom. The first kappa shape index (κ1) is 20.6. The van der Waals surface area contributed by atoms with Gasteiger partial charge in [-0.05, 0) is 61.4 Å². The minimum absolute atomic E-state index is 0.0646. The lowest BCUT2D eigenvalue weighted by molar-refractivity contribution is -0.112. The van der Waals surface area contributed by atoms with Crippen molar-refractivity contribution in [2.45, 2.75) is 13.3 Å². The van der Waals surface area contributed by atoms with Gasteiger partial charge in [-0.3, -0.25) is 4.79 Å². The lowest BCUT2D eigenvalue weighted by Gasteiger charge is -2.14. The highest BCUT2D eigenvalue weighted by molar-refractivity contribution is 6.09. The van der Waals surface area contributed by atoms with Crippen LogP contribution < -0.4 is 14.8 Å². The van der Waals surface area contributed by atoms with Crippen molar-refractivity contribution in [3.63, 3.8) is 0 Å². The van der Waals surface area contributed by atoms with Crippen molar-refractivity contribution in [2.75, 3.05) is 19.0 Å². The number of anilines is 1. The van der Waals surface area contributed by atoms with E-state index < -0.39 is 5.91 Å². The van der Waals surface area contributed by atoms with E-state index in [-0.39, 0.29) is 11.3 Å². The molecule has 0 aromatic heterocycles. The molecule has 0 aliphatic heterocycles. The van der Waals surface area contributed by atoms with E-state index >= 15 is 0 Å². The Bertz CT molecular complexity index is 925. The van der Waals surface area contributed by atoms with Crippen LogP contribution in [0.1, 0.15) is 18.1 Å². The number of benzene rings is 2. The molecule has 6 nitrogen and oxygen atoms in total. The van der Waals surface area contributed by atoms with Crippen LogP contribution in [-0.2, 0) is 11.2 Å². The number of phenolic OH excluding ortho intramolecular Hbond substituents is 1. The van der Waals surface area contributed by atoms with Crippen LogP contribution in [0.25, 0.3) is 6.08 Å². The summed E-state index contributed by atoms with van der Waals surface area (Å²) in [4.78, 5) is 12.4. The molecule has 6 heteroatoms. The van der Waals surface area contributed by atoms with Crippen molar-refractivity contribution >= 4 is 17.7 Å². The Hall–Kier alpha value is -3.72. The van der Waals surface area contributed by atoms with Crippen LogP contribution in [0.5, 0.6) is 17.2 Å². The molecule has 144 valence electrons. The summed E-state index contributed by atoms with van der Waals surface area (Å²) in [6, 6.07) is 11.5. The summed E-state index contributed by atoms with van der Waals surface area (Å²) in [6.45, 7) is 6.06. The van der Waals surface area contributed by atoms with Crippen LogP contribution >= 0.6 is 0 Å². The monoisotopic (exact) mass is 378 g/mol. The molecule has 0 radical (unpaired) electrons. The van der Waals surface area contributed by atoms with E-state index in [1.165, 1.54) is 18.2 Å². The Kier molecular flexibility index (Phi) is 7.23. The predicted molar refractivity (Wildman–Crippen MR) is 108 cm³/mol.